The summed E-state index contributed by atoms with van der Waals surface area (Å²) in [7, 11) is 0. The zero-order chi connectivity index (χ0) is 17.1. The van der Waals surface area contributed by atoms with E-state index in [2.05, 4.69) is 39.0 Å². The summed E-state index contributed by atoms with van der Waals surface area (Å²) in [6.45, 7) is 2.11. The molecule has 0 spiro atoms. The monoisotopic (exact) mass is 442 g/mol. The third kappa shape index (κ3) is 4.29. The maximum atomic E-state index is 12.7. The number of fused-ring (bicyclic) bond motifs is 1. The van der Waals surface area contributed by atoms with Crippen molar-refractivity contribution in [2.24, 2.45) is 0 Å². The molecule has 0 saturated heterocycles. The lowest BCUT2D eigenvalue weighted by atomic mass is 9.92. The number of rotatable bonds is 5. The number of carbonyl (C=O) groups excluding carboxylic acids is 1. The van der Waals surface area contributed by atoms with Crippen LogP contribution in [-0.4, -0.2) is 40.9 Å². The minimum atomic E-state index is -0.425. The lowest BCUT2D eigenvalue weighted by Gasteiger charge is -2.29. The highest BCUT2D eigenvalue weighted by molar-refractivity contribution is 14.1. The summed E-state index contributed by atoms with van der Waals surface area (Å²) >= 11 is 2.24. The number of carbonyl (C=O) groups is 1. The number of H-pyrrole nitrogens is 1. The molecular formula is C18H23IN2O3. The molecule has 0 aliphatic heterocycles. The van der Waals surface area contributed by atoms with E-state index in [1.54, 1.807) is 6.92 Å². The van der Waals surface area contributed by atoms with Crippen molar-refractivity contribution in [2.45, 2.75) is 50.9 Å². The first-order chi connectivity index (χ1) is 11.5. The second-order valence-corrected chi connectivity index (χ2v) is 7.77. The number of benzene rings is 1. The molecule has 5 nitrogen and oxygen atoms in total. The quantitative estimate of drug-likeness (QED) is 0.623. The van der Waals surface area contributed by atoms with Crippen molar-refractivity contribution in [2.75, 3.05) is 6.61 Å². The molecular weight excluding hydrogens is 419 g/mol. The molecule has 1 heterocycles. The Morgan fingerprint density at radius 2 is 2.17 bits per heavy atom. The van der Waals surface area contributed by atoms with Gasteiger partial charge < -0.3 is 20.1 Å². The van der Waals surface area contributed by atoms with E-state index in [-0.39, 0.29) is 18.1 Å². The van der Waals surface area contributed by atoms with E-state index in [0.29, 0.717) is 12.2 Å². The normalized spacial score (nSPS) is 22.5. The Morgan fingerprint density at radius 3 is 2.88 bits per heavy atom. The first kappa shape index (κ1) is 17.7. The molecule has 0 radical (unpaired) electrons. The molecule has 1 aromatic heterocycles. The fourth-order valence-corrected chi connectivity index (χ4v) is 3.87. The largest absolute Gasteiger partial charge is 0.391 e. The molecule has 1 atom stereocenters. The molecule has 130 valence electrons. The molecule has 1 aliphatic rings. The number of aliphatic hydroxyl groups excluding tert-OH is 1. The van der Waals surface area contributed by atoms with E-state index < -0.39 is 6.10 Å². The average molecular weight is 442 g/mol. The number of ether oxygens (including phenoxy) is 1. The highest BCUT2D eigenvalue weighted by atomic mass is 127. The van der Waals surface area contributed by atoms with Gasteiger partial charge in [0.2, 0.25) is 0 Å². The Bertz CT molecular complexity index is 705. The van der Waals surface area contributed by atoms with Gasteiger partial charge in [0.1, 0.15) is 0 Å². The number of nitrogens with one attached hydrogen (secondary N) is 2. The van der Waals surface area contributed by atoms with Crippen LogP contribution in [0.1, 0.15) is 43.0 Å². The topological polar surface area (TPSA) is 74.3 Å². The molecule has 1 amide bonds. The van der Waals surface area contributed by atoms with Crippen LogP contribution in [0.4, 0.5) is 0 Å². The standard InChI is InChI=1S/C18H23IN2O3/c1-11(22)10-24-15-4-2-14(3-5-15)21-18(23)16-9-13(19)8-12-6-7-20-17(12)16/h6-9,11,14-15,20,22H,2-5,10H2,1H3,(H,21,23). The van der Waals surface area contributed by atoms with Crippen molar-refractivity contribution in [1.29, 1.82) is 0 Å². The number of hydrogen-bond donors (Lipinski definition) is 3. The van der Waals surface area contributed by atoms with Crippen molar-refractivity contribution in [3.63, 3.8) is 0 Å². The summed E-state index contributed by atoms with van der Waals surface area (Å²) in [6, 6.07) is 6.16. The highest BCUT2D eigenvalue weighted by Crippen LogP contribution is 2.24. The molecule has 0 bridgehead atoms. The maximum Gasteiger partial charge on any atom is 0.253 e. The van der Waals surface area contributed by atoms with E-state index >= 15 is 0 Å². The predicted octanol–water partition coefficient (Wildman–Crippen LogP) is 3.21. The third-order valence-electron chi connectivity index (χ3n) is 4.45. The number of hydrogen-bond acceptors (Lipinski definition) is 3. The van der Waals surface area contributed by atoms with Crippen molar-refractivity contribution in [3.05, 3.63) is 33.5 Å². The summed E-state index contributed by atoms with van der Waals surface area (Å²) in [4.78, 5) is 15.8. The van der Waals surface area contributed by atoms with Crippen LogP contribution < -0.4 is 5.32 Å². The number of amides is 1. The molecule has 3 rings (SSSR count). The molecule has 2 aromatic rings. The molecule has 24 heavy (non-hydrogen) atoms. The predicted molar refractivity (Wildman–Crippen MR) is 102 cm³/mol. The van der Waals surface area contributed by atoms with Gasteiger partial charge >= 0.3 is 0 Å². The van der Waals surface area contributed by atoms with Gasteiger partial charge in [-0.2, -0.15) is 0 Å². The second kappa shape index (κ2) is 7.84. The Morgan fingerprint density at radius 1 is 1.42 bits per heavy atom. The number of aliphatic hydroxyl groups is 1. The summed E-state index contributed by atoms with van der Waals surface area (Å²) in [5.41, 5.74) is 1.59. The Balaban J connectivity index is 1.59. The first-order valence-electron chi connectivity index (χ1n) is 8.40. The van der Waals surface area contributed by atoms with Crippen LogP contribution in [0, 0.1) is 3.57 Å². The summed E-state index contributed by atoms with van der Waals surface area (Å²) in [5, 5.41) is 13.5. The van der Waals surface area contributed by atoms with Crippen molar-refractivity contribution >= 4 is 39.4 Å². The summed E-state index contributed by atoms with van der Waals surface area (Å²) in [6.07, 6.45) is 5.29. The van der Waals surface area contributed by atoms with Crippen molar-refractivity contribution < 1.29 is 14.6 Å². The molecule has 3 N–H and O–H groups in total. The van der Waals surface area contributed by atoms with Crippen LogP contribution in [0.25, 0.3) is 10.9 Å². The summed E-state index contributed by atoms with van der Waals surface area (Å²) < 4.78 is 6.73. The molecule has 6 heteroatoms. The maximum absolute atomic E-state index is 12.7. The van der Waals surface area contributed by atoms with E-state index in [1.807, 2.05) is 18.3 Å². The number of aromatic amines is 1. The van der Waals surface area contributed by atoms with Gasteiger partial charge in [0.15, 0.2) is 0 Å². The number of aromatic nitrogens is 1. The lowest BCUT2D eigenvalue weighted by Crippen LogP contribution is -2.39. The van der Waals surface area contributed by atoms with Crippen LogP contribution >= 0.6 is 22.6 Å². The molecule has 1 unspecified atom stereocenters. The Kier molecular flexibility index (Phi) is 5.78. The first-order valence-corrected chi connectivity index (χ1v) is 9.48. The fourth-order valence-electron chi connectivity index (χ4n) is 3.23. The lowest BCUT2D eigenvalue weighted by molar-refractivity contribution is -0.0210. The van der Waals surface area contributed by atoms with Crippen LogP contribution in [0.5, 0.6) is 0 Å². The van der Waals surface area contributed by atoms with Gasteiger partial charge in [-0.25, -0.2) is 0 Å². The minimum Gasteiger partial charge on any atom is -0.391 e. The van der Waals surface area contributed by atoms with Crippen LogP contribution in [-0.2, 0) is 4.74 Å². The molecule has 1 aromatic carbocycles. The average Bonchev–Trinajstić information content (AvgIpc) is 3.01. The van der Waals surface area contributed by atoms with Gasteiger partial charge in [0, 0.05) is 21.2 Å². The Labute approximate surface area is 155 Å². The highest BCUT2D eigenvalue weighted by Gasteiger charge is 2.24. The molecule has 1 saturated carbocycles. The molecule has 1 aliphatic carbocycles. The number of halogens is 1. The van der Waals surface area contributed by atoms with Gasteiger partial charge in [0.25, 0.3) is 5.91 Å². The van der Waals surface area contributed by atoms with Crippen LogP contribution in [0.15, 0.2) is 24.4 Å². The Hall–Kier alpha value is -1.12. The van der Waals surface area contributed by atoms with Crippen molar-refractivity contribution in [1.82, 2.24) is 10.3 Å². The smallest absolute Gasteiger partial charge is 0.253 e. The molecule has 1 fully saturated rings. The van der Waals surface area contributed by atoms with E-state index in [9.17, 15) is 9.90 Å². The van der Waals surface area contributed by atoms with Gasteiger partial charge in [-0.3, -0.25) is 4.79 Å². The minimum absolute atomic E-state index is 0.0192. The fraction of sp³-hybridized carbons (Fsp3) is 0.500. The van der Waals surface area contributed by atoms with E-state index in [4.69, 9.17) is 4.74 Å². The van der Waals surface area contributed by atoms with Gasteiger partial charge in [-0.1, -0.05) is 0 Å². The summed E-state index contributed by atoms with van der Waals surface area (Å²) in [5.74, 6) is -0.0192. The zero-order valence-electron chi connectivity index (χ0n) is 13.7. The van der Waals surface area contributed by atoms with Gasteiger partial charge in [0.05, 0.1) is 29.9 Å². The SMILES string of the molecule is CC(O)COC1CCC(NC(=O)c2cc(I)cc3cc[nH]c23)CC1. The van der Waals surface area contributed by atoms with Crippen molar-refractivity contribution in [3.8, 4) is 0 Å². The van der Waals surface area contributed by atoms with Gasteiger partial charge in [-0.05, 0) is 73.4 Å². The third-order valence-corrected chi connectivity index (χ3v) is 5.07. The van der Waals surface area contributed by atoms with E-state index in [1.165, 1.54) is 0 Å². The van der Waals surface area contributed by atoms with Crippen LogP contribution in [0.2, 0.25) is 0 Å². The second-order valence-electron chi connectivity index (χ2n) is 6.52. The zero-order valence-corrected chi connectivity index (χ0v) is 15.9. The van der Waals surface area contributed by atoms with Gasteiger partial charge in [-0.15, -0.1) is 0 Å². The van der Waals surface area contributed by atoms with E-state index in [0.717, 1.165) is 40.2 Å². The van der Waals surface area contributed by atoms with Crippen LogP contribution in [0.3, 0.4) is 0 Å².